The molecule has 0 radical (unpaired) electrons. The molecule has 0 fully saturated rings. The number of hydrogen-bond donors (Lipinski definition) is 2. The van der Waals surface area contributed by atoms with E-state index in [4.69, 9.17) is 15.0 Å². The SMILES string of the molecule is CC(=O)O.OC=C1C=CCCC1. The Labute approximate surface area is 72.0 Å². The van der Waals surface area contributed by atoms with Gasteiger partial charge in [-0.05, 0) is 24.8 Å². The molecule has 0 saturated carbocycles. The molecule has 0 aromatic heterocycles. The van der Waals surface area contributed by atoms with Crippen molar-refractivity contribution >= 4 is 5.97 Å². The first-order valence-corrected chi connectivity index (χ1v) is 3.86. The van der Waals surface area contributed by atoms with Crippen LogP contribution in [0.15, 0.2) is 24.0 Å². The van der Waals surface area contributed by atoms with Crippen molar-refractivity contribution in [1.29, 1.82) is 0 Å². The molecule has 0 unspecified atom stereocenters. The summed E-state index contributed by atoms with van der Waals surface area (Å²) in [4.78, 5) is 9.00. The van der Waals surface area contributed by atoms with Gasteiger partial charge in [0.05, 0.1) is 6.26 Å². The van der Waals surface area contributed by atoms with Crippen LogP contribution in [0.3, 0.4) is 0 Å². The molecule has 2 N–H and O–H groups in total. The third kappa shape index (κ3) is 6.86. The second-order valence-corrected chi connectivity index (χ2v) is 2.52. The largest absolute Gasteiger partial charge is 0.515 e. The average molecular weight is 170 g/mol. The van der Waals surface area contributed by atoms with E-state index in [-0.39, 0.29) is 0 Å². The molecule has 0 spiro atoms. The zero-order chi connectivity index (χ0) is 9.40. The summed E-state index contributed by atoms with van der Waals surface area (Å²) in [5.74, 6) is -0.833. The van der Waals surface area contributed by atoms with E-state index < -0.39 is 5.97 Å². The minimum atomic E-state index is -0.833. The summed E-state index contributed by atoms with van der Waals surface area (Å²) in [6, 6.07) is 0. The first-order chi connectivity index (χ1) is 5.66. The highest BCUT2D eigenvalue weighted by Gasteiger charge is 1.96. The first kappa shape index (κ1) is 10.8. The highest BCUT2D eigenvalue weighted by Crippen LogP contribution is 2.14. The van der Waals surface area contributed by atoms with Gasteiger partial charge < -0.3 is 10.2 Å². The summed E-state index contributed by atoms with van der Waals surface area (Å²) in [6.07, 6.45) is 8.64. The van der Waals surface area contributed by atoms with Crippen molar-refractivity contribution < 1.29 is 15.0 Å². The van der Waals surface area contributed by atoms with Crippen molar-refractivity contribution in [3.63, 3.8) is 0 Å². The van der Waals surface area contributed by atoms with E-state index in [9.17, 15) is 0 Å². The number of rotatable bonds is 0. The van der Waals surface area contributed by atoms with Crippen LogP contribution in [0, 0.1) is 0 Å². The maximum atomic E-state index is 9.00. The lowest BCUT2D eigenvalue weighted by atomic mass is 10.0. The Morgan fingerprint density at radius 3 is 2.50 bits per heavy atom. The molecule has 0 atom stereocenters. The molecule has 0 amide bonds. The van der Waals surface area contributed by atoms with Crippen LogP contribution in [0.5, 0.6) is 0 Å². The molecular formula is C9H14O3. The Bertz CT molecular complexity index is 188. The molecule has 0 aromatic rings. The lowest BCUT2D eigenvalue weighted by molar-refractivity contribution is -0.134. The zero-order valence-electron chi connectivity index (χ0n) is 7.16. The Morgan fingerprint density at radius 1 is 1.67 bits per heavy atom. The summed E-state index contributed by atoms with van der Waals surface area (Å²) in [6.45, 7) is 1.08. The maximum Gasteiger partial charge on any atom is 0.300 e. The van der Waals surface area contributed by atoms with Crippen LogP contribution in [0.1, 0.15) is 26.2 Å². The Kier molecular flexibility index (Phi) is 5.79. The molecule has 12 heavy (non-hydrogen) atoms. The number of aliphatic carboxylic acids is 1. The molecular weight excluding hydrogens is 156 g/mol. The molecule has 1 aliphatic carbocycles. The third-order valence-electron chi connectivity index (χ3n) is 1.33. The molecule has 0 bridgehead atoms. The summed E-state index contributed by atoms with van der Waals surface area (Å²) in [5.41, 5.74) is 1.05. The van der Waals surface area contributed by atoms with Crippen molar-refractivity contribution in [2.24, 2.45) is 0 Å². The Morgan fingerprint density at radius 2 is 2.25 bits per heavy atom. The maximum absolute atomic E-state index is 9.00. The number of aliphatic hydroxyl groups excluding tert-OH is 1. The highest BCUT2D eigenvalue weighted by molar-refractivity contribution is 5.62. The van der Waals surface area contributed by atoms with Gasteiger partial charge in [0.1, 0.15) is 0 Å². The second-order valence-electron chi connectivity index (χ2n) is 2.52. The normalized spacial score (nSPS) is 18.2. The predicted octanol–water partition coefficient (Wildman–Crippen LogP) is 2.26. The van der Waals surface area contributed by atoms with Crippen LogP contribution in [0.4, 0.5) is 0 Å². The van der Waals surface area contributed by atoms with Crippen molar-refractivity contribution in [2.45, 2.75) is 26.2 Å². The second kappa shape index (κ2) is 6.46. The van der Waals surface area contributed by atoms with Crippen molar-refractivity contribution in [2.75, 3.05) is 0 Å². The Balaban J connectivity index is 0.000000261. The number of aliphatic hydroxyl groups is 1. The fourth-order valence-electron chi connectivity index (χ4n) is 0.850. The molecule has 0 aromatic carbocycles. The van der Waals surface area contributed by atoms with Gasteiger partial charge in [-0.2, -0.15) is 0 Å². The molecule has 0 aliphatic heterocycles. The fourth-order valence-corrected chi connectivity index (χ4v) is 0.850. The van der Waals surface area contributed by atoms with Gasteiger partial charge in [0.15, 0.2) is 0 Å². The minimum Gasteiger partial charge on any atom is -0.515 e. The van der Waals surface area contributed by atoms with Crippen molar-refractivity contribution in [3.8, 4) is 0 Å². The van der Waals surface area contributed by atoms with E-state index in [0.29, 0.717) is 0 Å². The molecule has 3 heteroatoms. The lowest BCUT2D eigenvalue weighted by Gasteiger charge is -2.03. The number of carbonyl (C=O) groups is 1. The summed E-state index contributed by atoms with van der Waals surface area (Å²) in [5, 5.41) is 15.9. The predicted molar refractivity (Wildman–Crippen MR) is 47.0 cm³/mol. The van der Waals surface area contributed by atoms with Crippen LogP contribution < -0.4 is 0 Å². The molecule has 0 heterocycles. The van der Waals surface area contributed by atoms with E-state index >= 15 is 0 Å². The zero-order valence-corrected chi connectivity index (χ0v) is 7.16. The lowest BCUT2D eigenvalue weighted by Crippen LogP contribution is -1.84. The van der Waals surface area contributed by atoms with E-state index in [1.807, 2.05) is 6.08 Å². The smallest absolute Gasteiger partial charge is 0.300 e. The van der Waals surface area contributed by atoms with Gasteiger partial charge in [0, 0.05) is 6.92 Å². The number of carboxylic acids is 1. The number of allylic oxidation sites excluding steroid dienone is 3. The quantitative estimate of drug-likeness (QED) is 0.548. The molecule has 3 nitrogen and oxygen atoms in total. The standard InChI is InChI=1S/C7H10O.C2H4O2/c8-6-7-4-2-1-3-5-7;1-2(3)4/h2,4,6,8H,1,3,5H2;1H3,(H,3,4). The van der Waals surface area contributed by atoms with E-state index in [1.165, 1.54) is 12.7 Å². The fraction of sp³-hybridized carbons (Fsp3) is 0.444. The summed E-state index contributed by atoms with van der Waals surface area (Å²) >= 11 is 0. The third-order valence-corrected chi connectivity index (χ3v) is 1.33. The van der Waals surface area contributed by atoms with Gasteiger partial charge in [-0.25, -0.2) is 0 Å². The van der Waals surface area contributed by atoms with Crippen LogP contribution in [-0.2, 0) is 4.79 Å². The van der Waals surface area contributed by atoms with Gasteiger partial charge >= 0.3 is 0 Å². The number of carboxylic acid groups (broad SMARTS) is 1. The molecule has 68 valence electrons. The molecule has 1 rings (SSSR count). The van der Waals surface area contributed by atoms with E-state index in [0.717, 1.165) is 25.3 Å². The van der Waals surface area contributed by atoms with Gasteiger partial charge in [-0.1, -0.05) is 12.2 Å². The summed E-state index contributed by atoms with van der Waals surface area (Å²) < 4.78 is 0. The number of hydrogen-bond acceptors (Lipinski definition) is 2. The molecule has 0 saturated heterocycles. The van der Waals surface area contributed by atoms with Gasteiger partial charge in [-0.15, -0.1) is 0 Å². The van der Waals surface area contributed by atoms with E-state index in [2.05, 4.69) is 6.08 Å². The van der Waals surface area contributed by atoms with Crippen LogP contribution >= 0.6 is 0 Å². The van der Waals surface area contributed by atoms with Crippen LogP contribution in [0.2, 0.25) is 0 Å². The van der Waals surface area contributed by atoms with Gasteiger partial charge in [0.2, 0.25) is 0 Å². The van der Waals surface area contributed by atoms with E-state index in [1.54, 1.807) is 0 Å². The van der Waals surface area contributed by atoms with Gasteiger partial charge in [-0.3, -0.25) is 4.79 Å². The summed E-state index contributed by atoms with van der Waals surface area (Å²) in [7, 11) is 0. The van der Waals surface area contributed by atoms with Crippen LogP contribution in [0.25, 0.3) is 0 Å². The topological polar surface area (TPSA) is 57.5 Å². The average Bonchev–Trinajstić information content (AvgIpc) is 2.05. The minimum absolute atomic E-state index is 0.833. The van der Waals surface area contributed by atoms with Crippen molar-refractivity contribution in [3.05, 3.63) is 24.0 Å². The van der Waals surface area contributed by atoms with Crippen molar-refractivity contribution in [1.82, 2.24) is 0 Å². The molecule has 1 aliphatic rings. The first-order valence-electron chi connectivity index (χ1n) is 3.86. The Hall–Kier alpha value is -1.25. The highest BCUT2D eigenvalue weighted by atomic mass is 16.4. The van der Waals surface area contributed by atoms with Gasteiger partial charge in [0.25, 0.3) is 5.97 Å². The van der Waals surface area contributed by atoms with Crippen LogP contribution in [-0.4, -0.2) is 16.2 Å². The monoisotopic (exact) mass is 170 g/mol.